The fraction of sp³-hybridized carbons (Fsp3) is 0.167. The maximum Gasteiger partial charge on any atom is 0.0372 e. The lowest BCUT2D eigenvalue weighted by molar-refractivity contribution is 1.48. The fourth-order valence-electron chi connectivity index (χ4n) is 0.359. The molecule has 0 atom stereocenters. The molecule has 0 aromatic heterocycles. The molecule has 1 heteroatoms. The Morgan fingerprint density at radius 1 is 1.57 bits per heavy atom. The second-order valence-electron chi connectivity index (χ2n) is 1.20. The van der Waals surface area contributed by atoms with E-state index in [4.69, 9.17) is 0 Å². The molecule has 0 amide bonds. The van der Waals surface area contributed by atoms with Crippen molar-refractivity contribution in [2.45, 2.75) is 6.42 Å². The van der Waals surface area contributed by atoms with Crippen molar-refractivity contribution in [2.24, 2.45) is 4.99 Å². The van der Waals surface area contributed by atoms with E-state index in [0.717, 1.165) is 6.42 Å². The number of nitrogens with zero attached hydrogens (tertiary/aromatic N) is 1. The van der Waals surface area contributed by atoms with Crippen molar-refractivity contribution in [3.8, 4) is 12.0 Å². The average Bonchev–Trinajstić information content (AvgIpc) is 1.90. The third-order valence-electron chi connectivity index (χ3n) is 0.660. The molecule has 0 aromatic carbocycles. The van der Waals surface area contributed by atoms with E-state index in [1.54, 1.807) is 6.21 Å². The minimum Gasteiger partial charge on any atom is -0.206 e. The van der Waals surface area contributed by atoms with Crippen molar-refractivity contribution in [2.75, 3.05) is 0 Å². The number of hydrogen-bond donors (Lipinski definition) is 0. The van der Waals surface area contributed by atoms with E-state index in [-0.39, 0.29) is 0 Å². The topological polar surface area (TPSA) is 12.4 Å². The standard InChI is InChI=1S/C6H5N/c1-2-4-6-7-5-3-1/h1,3,5H,2H2. The maximum absolute atomic E-state index is 3.70. The van der Waals surface area contributed by atoms with Gasteiger partial charge in [-0.3, -0.25) is 0 Å². The highest BCUT2D eigenvalue weighted by molar-refractivity contribution is 5.72. The molecule has 1 nitrogen and oxygen atoms in total. The van der Waals surface area contributed by atoms with Crippen molar-refractivity contribution in [1.29, 1.82) is 0 Å². The zero-order chi connectivity index (χ0) is 4.95. The van der Waals surface area contributed by atoms with Crippen LogP contribution in [0, 0.1) is 12.0 Å². The Morgan fingerprint density at radius 2 is 2.57 bits per heavy atom. The third kappa shape index (κ3) is 1.23. The van der Waals surface area contributed by atoms with Crippen molar-refractivity contribution in [1.82, 2.24) is 0 Å². The third-order valence-corrected chi connectivity index (χ3v) is 0.660. The molecule has 0 radical (unpaired) electrons. The maximum atomic E-state index is 3.70. The van der Waals surface area contributed by atoms with E-state index in [1.165, 1.54) is 0 Å². The van der Waals surface area contributed by atoms with Crippen LogP contribution in [-0.4, -0.2) is 6.21 Å². The first-order valence-corrected chi connectivity index (χ1v) is 2.16. The van der Waals surface area contributed by atoms with Crippen LogP contribution in [0.4, 0.5) is 0 Å². The summed E-state index contributed by atoms with van der Waals surface area (Å²) in [6.07, 6.45) is 6.39. The quantitative estimate of drug-likeness (QED) is 0.394. The molecule has 0 aromatic rings. The SMILES string of the molecule is C1#CN=CC=CC1. The number of rotatable bonds is 0. The van der Waals surface area contributed by atoms with Gasteiger partial charge in [-0.1, -0.05) is 12.0 Å². The molecule has 0 spiro atoms. The molecule has 1 heterocycles. The summed E-state index contributed by atoms with van der Waals surface area (Å²) in [6, 6.07) is 2.60. The Morgan fingerprint density at radius 3 is 3.57 bits per heavy atom. The van der Waals surface area contributed by atoms with Crippen LogP contribution in [0.25, 0.3) is 0 Å². The van der Waals surface area contributed by atoms with Crippen LogP contribution in [0.2, 0.25) is 0 Å². The monoisotopic (exact) mass is 91.0 g/mol. The van der Waals surface area contributed by atoms with Gasteiger partial charge < -0.3 is 0 Å². The van der Waals surface area contributed by atoms with E-state index in [0.29, 0.717) is 0 Å². The molecule has 1 aliphatic heterocycles. The summed E-state index contributed by atoms with van der Waals surface area (Å²) < 4.78 is 0. The molecule has 7 heavy (non-hydrogen) atoms. The van der Waals surface area contributed by atoms with Crippen LogP contribution in [0.1, 0.15) is 6.42 Å². The van der Waals surface area contributed by atoms with Gasteiger partial charge >= 0.3 is 0 Å². The Bertz CT molecular complexity index is 155. The highest BCUT2D eigenvalue weighted by atomic mass is 14.6. The highest BCUT2D eigenvalue weighted by Crippen LogP contribution is 1.81. The summed E-state index contributed by atoms with van der Waals surface area (Å²) in [5, 5.41) is 0. The Kier molecular flexibility index (Phi) is 1.30. The molecule has 0 unspecified atom stereocenters. The molecular weight excluding hydrogens is 86.1 g/mol. The lowest BCUT2D eigenvalue weighted by Crippen LogP contribution is -1.55. The Labute approximate surface area is 42.8 Å². The minimum atomic E-state index is 0.833. The van der Waals surface area contributed by atoms with Gasteiger partial charge in [0.2, 0.25) is 0 Å². The first-order valence-electron chi connectivity index (χ1n) is 2.16. The molecular formula is C6H5N. The van der Waals surface area contributed by atoms with Gasteiger partial charge in [0.15, 0.2) is 0 Å². The summed E-state index contributed by atoms with van der Waals surface area (Å²) in [7, 11) is 0. The first kappa shape index (κ1) is 4.14. The first-order chi connectivity index (χ1) is 3.50. The smallest absolute Gasteiger partial charge is 0.0372 e. The van der Waals surface area contributed by atoms with Gasteiger partial charge in [0.1, 0.15) is 0 Å². The lowest BCUT2D eigenvalue weighted by Gasteiger charge is -1.64. The fourth-order valence-corrected chi connectivity index (χ4v) is 0.359. The zero-order valence-corrected chi connectivity index (χ0v) is 3.89. The van der Waals surface area contributed by atoms with Gasteiger partial charge in [0.05, 0.1) is 0 Å². The predicted molar refractivity (Wildman–Crippen MR) is 30.0 cm³/mol. The molecule has 0 N–H and O–H groups in total. The van der Waals surface area contributed by atoms with Crippen molar-refractivity contribution >= 4 is 6.21 Å². The number of hydrogen-bond acceptors (Lipinski definition) is 1. The second-order valence-corrected chi connectivity index (χ2v) is 1.20. The molecule has 1 rings (SSSR count). The van der Waals surface area contributed by atoms with E-state index in [9.17, 15) is 0 Å². The number of aliphatic imine (C=N–C) groups is 1. The van der Waals surface area contributed by atoms with Gasteiger partial charge in [-0.15, -0.1) is 0 Å². The van der Waals surface area contributed by atoms with Crippen molar-refractivity contribution in [3.05, 3.63) is 12.2 Å². The molecule has 0 fully saturated rings. The molecule has 1 aliphatic rings. The molecule has 0 saturated heterocycles. The lowest BCUT2D eigenvalue weighted by atomic mass is 10.4. The summed E-state index contributed by atoms with van der Waals surface area (Å²) in [4.78, 5) is 3.70. The van der Waals surface area contributed by atoms with Crippen LogP contribution in [0.5, 0.6) is 0 Å². The average molecular weight is 91.1 g/mol. The van der Waals surface area contributed by atoms with E-state index in [1.807, 2.05) is 12.2 Å². The van der Waals surface area contributed by atoms with Crippen LogP contribution in [0.3, 0.4) is 0 Å². The van der Waals surface area contributed by atoms with E-state index >= 15 is 0 Å². The van der Waals surface area contributed by atoms with Crippen LogP contribution in [-0.2, 0) is 0 Å². The highest BCUT2D eigenvalue weighted by Gasteiger charge is 1.69. The van der Waals surface area contributed by atoms with Crippen molar-refractivity contribution < 1.29 is 0 Å². The van der Waals surface area contributed by atoms with Crippen molar-refractivity contribution in [3.63, 3.8) is 0 Å². The van der Waals surface area contributed by atoms with Crippen LogP contribution < -0.4 is 0 Å². The molecule has 0 bridgehead atoms. The van der Waals surface area contributed by atoms with Gasteiger partial charge in [-0.2, -0.15) is 0 Å². The summed E-state index contributed by atoms with van der Waals surface area (Å²) in [5.41, 5.74) is 0. The van der Waals surface area contributed by atoms with Gasteiger partial charge in [0, 0.05) is 18.7 Å². The van der Waals surface area contributed by atoms with E-state index < -0.39 is 0 Å². The van der Waals surface area contributed by atoms with Crippen LogP contribution >= 0.6 is 0 Å². The minimum absolute atomic E-state index is 0.833. The summed E-state index contributed by atoms with van der Waals surface area (Å²) in [6.45, 7) is 0. The normalized spacial score (nSPS) is 14.9. The summed E-state index contributed by atoms with van der Waals surface area (Å²) in [5.74, 6) is 2.81. The molecule has 0 saturated carbocycles. The second kappa shape index (κ2) is 2.20. The largest absolute Gasteiger partial charge is 0.206 e. The molecule has 34 valence electrons. The predicted octanol–water partition coefficient (Wildman–Crippen LogP) is 0.978. The zero-order valence-electron chi connectivity index (χ0n) is 3.89. The Balaban J connectivity index is 2.68. The van der Waals surface area contributed by atoms with Gasteiger partial charge in [-0.25, -0.2) is 4.99 Å². The number of allylic oxidation sites excluding steroid dienone is 2. The van der Waals surface area contributed by atoms with Gasteiger partial charge in [-0.05, 0) is 6.08 Å². The van der Waals surface area contributed by atoms with Gasteiger partial charge in [0.25, 0.3) is 0 Å². The van der Waals surface area contributed by atoms with Crippen LogP contribution in [0.15, 0.2) is 17.1 Å². The Hall–Kier alpha value is -1.03. The summed E-state index contributed by atoms with van der Waals surface area (Å²) >= 11 is 0. The van der Waals surface area contributed by atoms with E-state index in [2.05, 4.69) is 17.0 Å². The molecule has 0 aliphatic carbocycles.